The minimum absolute atomic E-state index is 0.0119. The van der Waals surface area contributed by atoms with Crippen LogP contribution in [-0.4, -0.2) is 23.9 Å². The molecular weight excluding hydrogens is 362 g/mol. The summed E-state index contributed by atoms with van der Waals surface area (Å²) >= 11 is 0. The Balaban J connectivity index is 2.20. The first-order valence-corrected chi connectivity index (χ1v) is 7.40. The molecule has 1 aliphatic rings. The van der Waals surface area contributed by atoms with Crippen molar-refractivity contribution >= 4 is 11.5 Å². The van der Waals surface area contributed by atoms with E-state index in [1.54, 1.807) is 25.1 Å². The van der Waals surface area contributed by atoms with Crippen LogP contribution in [0, 0.1) is 6.92 Å². The molecule has 0 spiro atoms. The summed E-state index contributed by atoms with van der Waals surface area (Å²) in [6, 6.07) is 13.0. The first kappa shape index (κ1) is 18.2. The van der Waals surface area contributed by atoms with E-state index in [4.69, 9.17) is 0 Å². The molecule has 0 amide bonds. The van der Waals surface area contributed by atoms with E-state index in [-0.39, 0.29) is 11.3 Å². The predicted molar refractivity (Wildman–Crippen MR) is 82.6 cm³/mol. The Bertz CT molecular complexity index is 798. The molecule has 2 aromatic carbocycles. The van der Waals surface area contributed by atoms with Crippen molar-refractivity contribution in [3.05, 3.63) is 65.7 Å². The molecule has 0 saturated carbocycles. The second kappa shape index (κ2) is 6.01. The molecule has 3 nitrogen and oxygen atoms in total. The molecule has 0 bridgehead atoms. The van der Waals surface area contributed by atoms with E-state index < -0.39 is 23.9 Å². The molecule has 0 aromatic heterocycles. The molecule has 1 heterocycles. The van der Waals surface area contributed by atoms with Gasteiger partial charge in [-0.15, -0.1) is 0 Å². The minimum Gasteiger partial charge on any atom is -0.217 e. The summed E-state index contributed by atoms with van der Waals surface area (Å²) < 4.78 is 80.3. The van der Waals surface area contributed by atoms with E-state index in [0.29, 0.717) is 5.06 Å². The molecule has 0 N–H and O–H groups in total. The summed E-state index contributed by atoms with van der Waals surface area (Å²) in [6.45, 7) is 1.74. The third kappa shape index (κ3) is 2.92. The Morgan fingerprint density at radius 3 is 1.88 bits per heavy atom. The maximum atomic E-state index is 13.4. The number of rotatable bonds is 2. The second-order valence-corrected chi connectivity index (χ2v) is 5.66. The molecule has 0 fully saturated rings. The topological polar surface area (TPSA) is 24.8 Å². The Hall–Kier alpha value is -2.55. The molecule has 0 saturated heterocycles. The SMILES string of the molecule is Cc1ccc(C2=NC(C(F)(F)F)(C(F)(F)F)ON2c2ccccc2)cc1. The quantitative estimate of drug-likeness (QED) is 0.690. The summed E-state index contributed by atoms with van der Waals surface area (Å²) in [5.41, 5.74) is -3.83. The Kier molecular flexibility index (Phi) is 4.22. The first-order chi connectivity index (χ1) is 12.1. The number of hydroxylamine groups is 1. The van der Waals surface area contributed by atoms with Gasteiger partial charge in [-0.25, -0.2) is 9.83 Å². The van der Waals surface area contributed by atoms with Crippen molar-refractivity contribution in [3.8, 4) is 0 Å². The lowest BCUT2D eigenvalue weighted by Gasteiger charge is -2.30. The van der Waals surface area contributed by atoms with Gasteiger partial charge in [0.15, 0.2) is 5.84 Å². The van der Waals surface area contributed by atoms with Crippen molar-refractivity contribution in [2.24, 2.45) is 4.99 Å². The van der Waals surface area contributed by atoms with Crippen LogP contribution in [0.3, 0.4) is 0 Å². The molecule has 2 aromatic rings. The van der Waals surface area contributed by atoms with Crippen LogP contribution in [0.25, 0.3) is 0 Å². The van der Waals surface area contributed by atoms with Gasteiger partial charge < -0.3 is 0 Å². The van der Waals surface area contributed by atoms with Gasteiger partial charge in [-0.05, 0) is 19.1 Å². The molecule has 3 rings (SSSR count). The number of nitrogens with zero attached hydrogens (tertiary/aromatic N) is 2. The summed E-state index contributed by atoms with van der Waals surface area (Å²) in [5.74, 6) is -0.578. The van der Waals surface area contributed by atoms with E-state index in [9.17, 15) is 26.3 Å². The molecular formula is C17H12F6N2O. The fourth-order valence-electron chi connectivity index (χ4n) is 2.40. The van der Waals surface area contributed by atoms with Crippen LogP contribution in [0.2, 0.25) is 0 Å². The molecule has 0 atom stereocenters. The number of aliphatic imine (C=N–C) groups is 1. The van der Waals surface area contributed by atoms with Crippen LogP contribution in [-0.2, 0) is 4.84 Å². The Morgan fingerprint density at radius 2 is 1.38 bits per heavy atom. The van der Waals surface area contributed by atoms with Gasteiger partial charge in [0.25, 0.3) is 0 Å². The summed E-state index contributed by atoms with van der Waals surface area (Å²) in [7, 11) is 0. The molecule has 138 valence electrons. The molecule has 0 radical (unpaired) electrons. The number of halogens is 6. The highest BCUT2D eigenvalue weighted by Crippen LogP contribution is 2.51. The van der Waals surface area contributed by atoms with Crippen LogP contribution in [0.15, 0.2) is 59.6 Å². The Labute approximate surface area is 144 Å². The van der Waals surface area contributed by atoms with E-state index in [1.165, 1.54) is 36.4 Å². The largest absolute Gasteiger partial charge is 0.450 e. The molecule has 0 unspecified atom stereocenters. The number of hydrogen-bond acceptors (Lipinski definition) is 3. The van der Waals surface area contributed by atoms with E-state index in [1.807, 2.05) is 0 Å². The number of aryl methyl sites for hydroxylation is 1. The molecule has 9 heteroatoms. The maximum Gasteiger partial charge on any atom is 0.450 e. The van der Waals surface area contributed by atoms with E-state index >= 15 is 0 Å². The molecule has 1 aliphatic heterocycles. The molecule has 26 heavy (non-hydrogen) atoms. The van der Waals surface area contributed by atoms with Gasteiger partial charge in [0.05, 0.1) is 5.69 Å². The number of amidine groups is 1. The normalized spacial score (nSPS) is 17.3. The van der Waals surface area contributed by atoms with Gasteiger partial charge in [0.2, 0.25) is 0 Å². The Morgan fingerprint density at radius 1 is 0.846 bits per heavy atom. The fourth-order valence-corrected chi connectivity index (χ4v) is 2.40. The monoisotopic (exact) mass is 374 g/mol. The lowest BCUT2D eigenvalue weighted by atomic mass is 10.1. The zero-order chi connectivity index (χ0) is 19.2. The van der Waals surface area contributed by atoms with Crippen molar-refractivity contribution in [1.29, 1.82) is 0 Å². The van der Waals surface area contributed by atoms with Gasteiger partial charge in [-0.3, -0.25) is 0 Å². The van der Waals surface area contributed by atoms with Crippen molar-refractivity contribution < 1.29 is 31.2 Å². The smallest absolute Gasteiger partial charge is 0.217 e. The third-order valence-electron chi connectivity index (χ3n) is 3.75. The number of para-hydroxylation sites is 1. The second-order valence-electron chi connectivity index (χ2n) is 5.66. The van der Waals surface area contributed by atoms with Crippen molar-refractivity contribution in [3.63, 3.8) is 0 Å². The summed E-state index contributed by atoms with van der Waals surface area (Å²) in [6.07, 6.45) is -11.6. The standard InChI is InChI=1S/C17H12F6N2O/c1-11-7-9-12(10-8-11)14-24-15(16(18,19)20,17(21,22)23)26-25(14)13-5-3-2-4-6-13/h2-10H,1H3. The van der Waals surface area contributed by atoms with Gasteiger partial charge in [0.1, 0.15) is 0 Å². The van der Waals surface area contributed by atoms with Gasteiger partial charge in [-0.2, -0.15) is 31.4 Å². The number of anilines is 1. The highest BCUT2D eigenvalue weighted by Gasteiger charge is 2.77. The fraction of sp³-hybridized carbons (Fsp3) is 0.235. The summed E-state index contributed by atoms with van der Waals surface area (Å²) in [5, 5.41) is 0.464. The average molecular weight is 374 g/mol. The van der Waals surface area contributed by atoms with Gasteiger partial charge in [-0.1, -0.05) is 48.0 Å². The number of benzene rings is 2. The van der Waals surface area contributed by atoms with Crippen molar-refractivity contribution in [2.75, 3.05) is 5.06 Å². The van der Waals surface area contributed by atoms with Crippen LogP contribution in [0.5, 0.6) is 0 Å². The maximum absolute atomic E-state index is 13.4. The van der Waals surface area contributed by atoms with Crippen LogP contribution >= 0.6 is 0 Å². The molecule has 0 aliphatic carbocycles. The van der Waals surface area contributed by atoms with Gasteiger partial charge >= 0.3 is 18.1 Å². The lowest BCUT2D eigenvalue weighted by molar-refractivity contribution is -0.372. The van der Waals surface area contributed by atoms with Crippen LogP contribution in [0.1, 0.15) is 11.1 Å². The first-order valence-electron chi connectivity index (χ1n) is 7.40. The predicted octanol–water partition coefficient (Wildman–Crippen LogP) is 5.01. The zero-order valence-corrected chi connectivity index (χ0v) is 13.3. The number of alkyl halides is 6. The van der Waals surface area contributed by atoms with Crippen molar-refractivity contribution in [1.82, 2.24) is 0 Å². The van der Waals surface area contributed by atoms with Crippen molar-refractivity contribution in [2.45, 2.75) is 25.0 Å². The number of hydrogen-bond donors (Lipinski definition) is 0. The third-order valence-corrected chi connectivity index (χ3v) is 3.75. The summed E-state index contributed by atoms with van der Waals surface area (Å²) in [4.78, 5) is 7.43. The average Bonchev–Trinajstić information content (AvgIpc) is 2.98. The highest BCUT2D eigenvalue weighted by atomic mass is 19.4. The zero-order valence-electron chi connectivity index (χ0n) is 13.3. The van der Waals surface area contributed by atoms with E-state index in [2.05, 4.69) is 9.83 Å². The van der Waals surface area contributed by atoms with Crippen LogP contribution in [0.4, 0.5) is 32.0 Å². The highest BCUT2D eigenvalue weighted by molar-refractivity contribution is 6.09. The lowest BCUT2D eigenvalue weighted by Crippen LogP contribution is -2.57. The van der Waals surface area contributed by atoms with Gasteiger partial charge in [0, 0.05) is 5.56 Å². The van der Waals surface area contributed by atoms with E-state index in [0.717, 1.165) is 5.56 Å². The van der Waals surface area contributed by atoms with Crippen LogP contribution < -0.4 is 5.06 Å². The minimum atomic E-state index is -5.80.